The zero-order valence-electron chi connectivity index (χ0n) is 11.8. The number of piperidine rings is 1. The van der Waals surface area contributed by atoms with Crippen molar-refractivity contribution < 1.29 is 27.1 Å². The fraction of sp³-hybridized carbons (Fsp3) is 0.533. The van der Waals surface area contributed by atoms with Crippen LogP contribution in [0.25, 0.3) is 0 Å². The number of alkyl halides is 5. The summed E-state index contributed by atoms with van der Waals surface area (Å²) in [5.74, 6) is -0.236. The van der Waals surface area contributed by atoms with E-state index in [-0.39, 0.29) is 29.6 Å². The van der Waals surface area contributed by atoms with Gasteiger partial charge in [-0.05, 0) is 36.5 Å². The van der Waals surface area contributed by atoms with Crippen molar-refractivity contribution in [2.75, 3.05) is 11.4 Å². The molecule has 3 rings (SSSR count). The monoisotopic (exact) mass is 332 g/mol. The predicted molar refractivity (Wildman–Crippen MR) is 70.9 cm³/mol. The molecule has 1 aliphatic heterocycles. The summed E-state index contributed by atoms with van der Waals surface area (Å²) < 4.78 is 64.6. The molecule has 1 N–H and O–H groups in total. The molecule has 1 aromatic rings. The van der Waals surface area contributed by atoms with E-state index in [0.717, 1.165) is 6.07 Å². The van der Waals surface area contributed by atoms with E-state index >= 15 is 0 Å². The van der Waals surface area contributed by atoms with Gasteiger partial charge in [-0.3, -0.25) is 0 Å². The summed E-state index contributed by atoms with van der Waals surface area (Å²) in [6.45, 7) is 0.289. The molecule has 124 valence electrons. The number of aliphatic hydroxyl groups excluding tert-OH is 1. The Kier molecular flexibility index (Phi) is 3.71. The van der Waals surface area contributed by atoms with Crippen molar-refractivity contribution >= 4 is 5.69 Å². The smallest absolute Gasteiger partial charge is 0.382 e. The molecule has 1 aromatic carbocycles. The zero-order valence-corrected chi connectivity index (χ0v) is 11.8. The molecule has 23 heavy (non-hydrogen) atoms. The molecule has 4 unspecified atom stereocenters. The molecule has 1 saturated carbocycles. The Labute approximate surface area is 128 Å². The van der Waals surface area contributed by atoms with Crippen molar-refractivity contribution in [3.63, 3.8) is 0 Å². The van der Waals surface area contributed by atoms with Gasteiger partial charge in [0.05, 0.1) is 17.7 Å². The average molecular weight is 332 g/mol. The number of fused-ring (bicyclic) bond motifs is 1. The summed E-state index contributed by atoms with van der Waals surface area (Å²) in [6.07, 6.45) is -9.58. The van der Waals surface area contributed by atoms with Crippen LogP contribution in [0.4, 0.5) is 27.6 Å². The molecule has 0 spiro atoms. The second-order valence-corrected chi connectivity index (χ2v) is 5.97. The van der Waals surface area contributed by atoms with Crippen molar-refractivity contribution in [2.45, 2.75) is 31.2 Å². The largest absolute Gasteiger partial charge is 0.416 e. The number of nitriles is 1. The normalized spacial score (nSPS) is 27.7. The lowest BCUT2D eigenvalue weighted by Crippen LogP contribution is -2.49. The molecular formula is C15H13F5N2O. The molecule has 0 amide bonds. The van der Waals surface area contributed by atoms with Crippen LogP contribution in [0.5, 0.6) is 0 Å². The molecule has 0 bridgehead atoms. The van der Waals surface area contributed by atoms with Crippen LogP contribution in [0.1, 0.15) is 24.0 Å². The number of benzene rings is 1. The van der Waals surface area contributed by atoms with Crippen LogP contribution in [-0.2, 0) is 0 Å². The first kappa shape index (κ1) is 16.0. The maximum atomic E-state index is 13.0. The van der Waals surface area contributed by atoms with E-state index in [9.17, 15) is 27.1 Å². The number of rotatable bonds is 3. The maximum absolute atomic E-state index is 13.0. The number of hydrogen-bond donors (Lipinski definition) is 1. The van der Waals surface area contributed by atoms with Crippen LogP contribution in [0.3, 0.4) is 0 Å². The van der Waals surface area contributed by atoms with Gasteiger partial charge in [-0.15, -0.1) is 0 Å². The van der Waals surface area contributed by atoms with Crippen LogP contribution >= 0.6 is 0 Å². The maximum Gasteiger partial charge on any atom is 0.416 e. The number of nitrogens with zero attached hydrogens (tertiary/aromatic N) is 2. The van der Waals surface area contributed by atoms with Gasteiger partial charge in [-0.25, -0.2) is 8.78 Å². The summed E-state index contributed by atoms with van der Waals surface area (Å²) >= 11 is 0. The van der Waals surface area contributed by atoms with Crippen molar-refractivity contribution in [1.29, 1.82) is 5.26 Å². The Morgan fingerprint density at radius 2 is 2.00 bits per heavy atom. The van der Waals surface area contributed by atoms with Crippen molar-refractivity contribution in [3.05, 3.63) is 29.3 Å². The molecule has 4 atom stereocenters. The standard InChI is InChI=1S/C15H13F5N2O/c16-14(17)11-4-9(2-1-7(11)5-21)22-6-8-3-10(8)12(22)13(23)15(18,19)20/h1-2,4,8,10,12-14,23H,3,6H2. The van der Waals surface area contributed by atoms with Crippen LogP contribution in [0.15, 0.2) is 18.2 Å². The highest BCUT2D eigenvalue weighted by Crippen LogP contribution is 2.53. The third-order valence-corrected chi connectivity index (χ3v) is 4.59. The van der Waals surface area contributed by atoms with E-state index < -0.39 is 30.3 Å². The highest BCUT2D eigenvalue weighted by atomic mass is 19.4. The number of halogens is 5. The molecule has 8 heteroatoms. The predicted octanol–water partition coefficient (Wildman–Crippen LogP) is 3.24. The quantitative estimate of drug-likeness (QED) is 0.865. The summed E-state index contributed by atoms with van der Waals surface area (Å²) in [5, 5.41) is 18.5. The van der Waals surface area contributed by atoms with Gasteiger partial charge in [0.15, 0.2) is 6.10 Å². The number of hydrogen-bond acceptors (Lipinski definition) is 3. The van der Waals surface area contributed by atoms with Crippen LogP contribution < -0.4 is 4.90 Å². The Morgan fingerprint density at radius 1 is 1.30 bits per heavy atom. The summed E-state index contributed by atoms with van der Waals surface area (Å²) in [7, 11) is 0. The van der Waals surface area contributed by atoms with Gasteiger partial charge in [0, 0.05) is 17.8 Å². The number of aliphatic hydroxyl groups is 1. The molecule has 0 aromatic heterocycles. The Morgan fingerprint density at radius 3 is 2.57 bits per heavy atom. The molecule has 0 radical (unpaired) electrons. The zero-order chi connectivity index (χ0) is 16.9. The minimum atomic E-state index is -4.77. The number of anilines is 1. The first-order valence-electron chi connectivity index (χ1n) is 7.07. The molecular weight excluding hydrogens is 319 g/mol. The van der Waals surface area contributed by atoms with E-state index in [1.807, 2.05) is 0 Å². The van der Waals surface area contributed by atoms with Crippen LogP contribution in [-0.4, -0.2) is 30.0 Å². The first-order chi connectivity index (χ1) is 10.7. The van der Waals surface area contributed by atoms with Gasteiger partial charge >= 0.3 is 6.18 Å². The lowest BCUT2D eigenvalue weighted by atomic mass is 10.0. The van der Waals surface area contributed by atoms with Crippen molar-refractivity contribution in [3.8, 4) is 6.07 Å². The lowest BCUT2D eigenvalue weighted by molar-refractivity contribution is -0.210. The minimum absolute atomic E-state index is 0.0441. The second kappa shape index (κ2) is 5.34. The van der Waals surface area contributed by atoms with Gasteiger partial charge in [0.2, 0.25) is 0 Å². The average Bonchev–Trinajstić information content (AvgIpc) is 3.15. The first-order valence-corrected chi connectivity index (χ1v) is 7.07. The van der Waals surface area contributed by atoms with Gasteiger partial charge in [-0.1, -0.05) is 0 Å². The Hall–Kier alpha value is -1.88. The third kappa shape index (κ3) is 2.74. The van der Waals surface area contributed by atoms with Gasteiger partial charge < -0.3 is 10.0 Å². The Bertz CT molecular complexity index is 654. The molecule has 3 nitrogen and oxygen atoms in total. The summed E-state index contributed by atoms with van der Waals surface area (Å²) in [6, 6.07) is 4.05. The fourth-order valence-corrected chi connectivity index (χ4v) is 3.39. The van der Waals surface area contributed by atoms with Gasteiger partial charge in [0.25, 0.3) is 6.43 Å². The van der Waals surface area contributed by atoms with E-state index in [2.05, 4.69) is 0 Å². The van der Waals surface area contributed by atoms with Crippen LogP contribution in [0.2, 0.25) is 0 Å². The fourth-order valence-electron chi connectivity index (χ4n) is 3.39. The molecule has 1 aliphatic carbocycles. The molecule has 2 fully saturated rings. The lowest BCUT2D eigenvalue weighted by Gasteiger charge is -2.34. The topological polar surface area (TPSA) is 47.3 Å². The second-order valence-electron chi connectivity index (χ2n) is 5.97. The highest BCUT2D eigenvalue weighted by molar-refractivity contribution is 5.57. The summed E-state index contributed by atoms with van der Waals surface area (Å²) in [4.78, 5) is 1.34. The molecule has 1 saturated heterocycles. The third-order valence-electron chi connectivity index (χ3n) is 4.59. The minimum Gasteiger partial charge on any atom is -0.382 e. The van der Waals surface area contributed by atoms with Gasteiger partial charge in [-0.2, -0.15) is 18.4 Å². The van der Waals surface area contributed by atoms with Crippen molar-refractivity contribution in [2.24, 2.45) is 11.8 Å². The van der Waals surface area contributed by atoms with Gasteiger partial charge in [0.1, 0.15) is 0 Å². The summed E-state index contributed by atoms with van der Waals surface area (Å²) in [5.41, 5.74) is -0.536. The van der Waals surface area contributed by atoms with E-state index in [0.29, 0.717) is 6.42 Å². The Balaban J connectivity index is 1.95. The van der Waals surface area contributed by atoms with E-state index in [1.54, 1.807) is 6.07 Å². The molecule has 1 heterocycles. The molecule has 2 aliphatic rings. The van der Waals surface area contributed by atoms with Crippen LogP contribution in [0, 0.1) is 23.2 Å². The van der Waals surface area contributed by atoms with Crippen molar-refractivity contribution in [1.82, 2.24) is 0 Å². The SMILES string of the molecule is N#Cc1ccc(N2CC3CC3C2C(O)C(F)(F)F)cc1C(F)F. The van der Waals surface area contributed by atoms with E-state index in [4.69, 9.17) is 5.26 Å². The highest BCUT2D eigenvalue weighted by Gasteiger charge is 2.60. The van der Waals surface area contributed by atoms with E-state index in [1.165, 1.54) is 17.0 Å².